The number of hydrogen-bond acceptors (Lipinski definition) is 2. The van der Waals surface area contributed by atoms with Crippen molar-refractivity contribution >= 4 is 11.8 Å². The Morgan fingerprint density at radius 1 is 1.26 bits per heavy atom. The average Bonchev–Trinajstić information content (AvgIpc) is 2.35. The highest BCUT2D eigenvalue weighted by atomic mass is 16.6. The van der Waals surface area contributed by atoms with Crippen LogP contribution in [0.3, 0.4) is 0 Å². The Bertz CT molecular complexity index is 417. The predicted octanol–water partition coefficient (Wildman–Crippen LogP) is 4.57. The molecule has 1 aromatic carbocycles. The molecular weight excluding hydrogens is 238 g/mol. The van der Waals surface area contributed by atoms with Crippen molar-refractivity contribution in [1.82, 2.24) is 0 Å². The fourth-order valence-corrected chi connectivity index (χ4v) is 1.70. The summed E-state index contributed by atoms with van der Waals surface area (Å²) in [6, 6.07) is 8.07. The average molecular weight is 263 g/mol. The van der Waals surface area contributed by atoms with Gasteiger partial charge in [0, 0.05) is 12.7 Å². The summed E-state index contributed by atoms with van der Waals surface area (Å²) in [4.78, 5) is 13.5. The van der Waals surface area contributed by atoms with Gasteiger partial charge in [-0.2, -0.15) is 0 Å². The molecule has 19 heavy (non-hydrogen) atoms. The molecule has 0 fully saturated rings. The molecule has 1 atom stereocenters. The van der Waals surface area contributed by atoms with Gasteiger partial charge in [0.1, 0.15) is 5.60 Å². The molecule has 1 unspecified atom stereocenters. The number of amides is 1. The first-order chi connectivity index (χ1) is 8.74. The SMILES string of the molecule is CCC(C)c1ccc(N(C)C(=O)OC(C)(C)C)cc1. The zero-order valence-corrected chi connectivity index (χ0v) is 12.9. The second-order valence-corrected chi connectivity index (χ2v) is 5.94. The fourth-order valence-electron chi connectivity index (χ4n) is 1.70. The van der Waals surface area contributed by atoms with Crippen molar-refractivity contribution in [3.05, 3.63) is 29.8 Å². The summed E-state index contributed by atoms with van der Waals surface area (Å²) in [6.45, 7) is 9.97. The zero-order chi connectivity index (χ0) is 14.6. The molecule has 0 aliphatic heterocycles. The van der Waals surface area contributed by atoms with Gasteiger partial charge in [-0.1, -0.05) is 26.0 Å². The molecular formula is C16H25NO2. The van der Waals surface area contributed by atoms with E-state index in [1.54, 1.807) is 7.05 Å². The lowest BCUT2D eigenvalue weighted by atomic mass is 9.98. The molecule has 0 N–H and O–H groups in total. The van der Waals surface area contributed by atoms with Crippen LogP contribution >= 0.6 is 0 Å². The van der Waals surface area contributed by atoms with E-state index in [0.717, 1.165) is 12.1 Å². The van der Waals surface area contributed by atoms with Gasteiger partial charge in [-0.3, -0.25) is 4.90 Å². The summed E-state index contributed by atoms with van der Waals surface area (Å²) in [5.41, 5.74) is 1.67. The molecule has 1 aromatic rings. The molecule has 0 radical (unpaired) electrons. The molecule has 0 aliphatic carbocycles. The summed E-state index contributed by atoms with van der Waals surface area (Å²) in [6.07, 6.45) is 0.783. The van der Waals surface area contributed by atoms with E-state index >= 15 is 0 Å². The minimum absolute atomic E-state index is 0.330. The maximum absolute atomic E-state index is 11.9. The highest BCUT2D eigenvalue weighted by molar-refractivity contribution is 5.87. The van der Waals surface area contributed by atoms with Gasteiger partial charge in [0.25, 0.3) is 0 Å². The second-order valence-electron chi connectivity index (χ2n) is 5.94. The van der Waals surface area contributed by atoms with Crippen LogP contribution in [-0.2, 0) is 4.74 Å². The number of ether oxygens (including phenoxy) is 1. The molecule has 106 valence electrons. The first-order valence-corrected chi connectivity index (χ1v) is 6.81. The first kappa shape index (κ1) is 15.5. The minimum atomic E-state index is -0.470. The number of carbonyl (C=O) groups excluding carboxylic acids is 1. The lowest BCUT2D eigenvalue weighted by Gasteiger charge is -2.25. The lowest BCUT2D eigenvalue weighted by Crippen LogP contribution is -2.34. The van der Waals surface area contributed by atoms with Gasteiger partial charge >= 0.3 is 6.09 Å². The third kappa shape index (κ3) is 4.58. The predicted molar refractivity (Wildman–Crippen MR) is 79.8 cm³/mol. The van der Waals surface area contributed by atoms with Gasteiger partial charge in [0.2, 0.25) is 0 Å². The van der Waals surface area contributed by atoms with E-state index in [1.165, 1.54) is 10.5 Å². The number of nitrogens with zero attached hydrogens (tertiary/aromatic N) is 1. The largest absolute Gasteiger partial charge is 0.443 e. The number of hydrogen-bond donors (Lipinski definition) is 0. The highest BCUT2D eigenvalue weighted by Crippen LogP contribution is 2.22. The number of carbonyl (C=O) groups is 1. The molecule has 0 heterocycles. The van der Waals surface area contributed by atoms with Gasteiger partial charge in [-0.15, -0.1) is 0 Å². The van der Waals surface area contributed by atoms with E-state index in [-0.39, 0.29) is 6.09 Å². The molecule has 1 rings (SSSR count). The highest BCUT2D eigenvalue weighted by Gasteiger charge is 2.20. The van der Waals surface area contributed by atoms with Gasteiger partial charge in [0.05, 0.1) is 0 Å². The summed E-state index contributed by atoms with van der Waals surface area (Å²) in [5.74, 6) is 0.542. The van der Waals surface area contributed by atoms with Gasteiger partial charge in [-0.25, -0.2) is 4.79 Å². The Labute approximate surface area is 116 Å². The van der Waals surface area contributed by atoms with Gasteiger partial charge in [-0.05, 0) is 50.8 Å². The topological polar surface area (TPSA) is 29.5 Å². The van der Waals surface area contributed by atoms with E-state index in [0.29, 0.717) is 5.92 Å². The van der Waals surface area contributed by atoms with Crippen LogP contribution in [0.1, 0.15) is 52.5 Å². The minimum Gasteiger partial charge on any atom is -0.443 e. The second kappa shape index (κ2) is 6.09. The molecule has 0 saturated heterocycles. The van der Waals surface area contributed by atoms with E-state index in [1.807, 2.05) is 32.9 Å². The molecule has 0 aromatic heterocycles. The first-order valence-electron chi connectivity index (χ1n) is 6.81. The van der Waals surface area contributed by atoms with Crippen molar-refractivity contribution in [2.45, 2.75) is 52.6 Å². The van der Waals surface area contributed by atoms with Crippen LogP contribution in [0.15, 0.2) is 24.3 Å². The van der Waals surface area contributed by atoms with Crippen LogP contribution in [0.5, 0.6) is 0 Å². The molecule has 1 amide bonds. The molecule has 0 aliphatic rings. The third-order valence-corrected chi connectivity index (χ3v) is 3.13. The molecule has 3 heteroatoms. The van der Waals surface area contributed by atoms with Crippen molar-refractivity contribution in [2.24, 2.45) is 0 Å². The van der Waals surface area contributed by atoms with Crippen LogP contribution in [0.4, 0.5) is 10.5 Å². The van der Waals surface area contributed by atoms with Crippen molar-refractivity contribution in [3.63, 3.8) is 0 Å². The Morgan fingerprint density at radius 2 is 1.79 bits per heavy atom. The van der Waals surface area contributed by atoms with Crippen molar-refractivity contribution < 1.29 is 9.53 Å². The summed E-state index contributed by atoms with van der Waals surface area (Å²) in [5, 5.41) is 0. The summed E-state index contributed by atoms with van der Waals surface area (Å²) in [7, 11) is 1.73. The Morgan fingerprint density at radius 3 is 2.21 bits per heavy atom. The Balaban J connectivity index is 2.78. The van der Waals surface area contributed by atoms with Crippen LogP contribution in [0.25, 0.3) is 0 Å². The fraction of sp³-hybridized carbons (Fsp3) is 0.562. The van der Waals surface area contributed by atoms with E-state index in [4.69, 9.17) is 4.74 Å². The molecule has 0 bridgehead atoms. The Hall–Kier alpha value is -1.51. The van der Waals surface area contributed by atoms with Crippen molar-refractivity contribution in [2.75, 3.05) is 11.9 Å². The molecule has 0 spiro atoms. The maximum Gasteiger partial charge on any atom is 0.414 e. The number of rotatable bonds is 3. The normalized spacial score (nSPS) is 12.9. The van der Waals surface area contributed by atoms with Crippen LogP contribution in [0, 0.1) is 0 Å². The van der Waals surface area contributed by atoms with Crippen molar-refractivity contribution in [3.8, 4) is 0 Å². The monoisotopic (exact) mass is 263 g/mol. The summed E-state index contributed by atoms with van der Waals surface area (Å²) >= 11 is 0. The van der Waals surface area contributed by atoms with Gasteiger partial charge in [0.15, 0.2) is 0 Å². The number of benzene rings is 1. The Kier molecular flexibility index (Phi) is 4.98. The molecule has 3 nitrogen and oxygen atoms in total. The van der Waals surface area contributed by atoms with E-state index < -0.39 is 5.60 Å². The maximum atomic E-state index is 11.9. The zero-order valence-electron chi connectivity index (χ0n) is 12.9. The quantitative estimate of drug-likeness (QED) is 0.799. The van der Waals surface area contributed by atoms with Crippen LogP contribution < -0.4 is 4.90 Å². The molecule has 0 saturated carbocycles. The van der Waals surface area contributed by atoms with E-state index in [9.17, 15) is 4.79 Å². The van der Waals surface area contributed by atoms with Crippen LogP contribution in [-0.4, -0.2) is 18.7 Å². The number of anilines is 1. The van der Waals surface area contributed by atoms with Gasteiger partial charge < -0.3 is 4.74 Å². The van der Waals surface area contributed by atoms with Crippen LogP contribution in [0.2, 0.25) is 0 Å². The third-order valence-electron chi connectivity index (χ3n) is 3.13. The standard InChI is InChI=1S/C16H25NO2/c1-7-12(2)13-8-10-14(11-9-13)17(6)15(18)19-16(3,4)5/h8-12H,7H2,1-6H3. The van der Waals surface area contributed by atoms with E-state index in [2.05, 4.69) is 26.0 Å². The smallest absolute Gasteiger partial charge is 0.414 e. The lowest BCUT2D eigenvalue weighted by molar-refractivity contribution is 0.0589. The summed E-state index contributed by atoms with van der Waals surface area (Å²) < 4.78 is 5.34. The van der Waals surface area contributed by atoms with Crippen molar-refractivity contribution in [1.29, 1.82) is 0 Å².